The second kappa shape index (κ2) is 5.22. The highest BCUT2D eigenvalue weighted by Gasteiger charge is 2.13. The lowest BCUT2D eigenvalue weighted by Crippen LogP contribution is -2.01. The summed E-state index contributed by atoms with van der Waals surface area (Å²) in [4.78, 5) is 11.0. The number of carbonyl (C=O) groups is 1. The zero-order valence-corrected chi connectivity index (χ0v) is 11.1. The van der Waals surface area contributed by atoms with E-state index in [2.05, 4.69) is 5.10 Å². The van der Waals surface area contributed by atoms with Crippen molar-refractivity contribution in [3.8, 4) is 17.0 Å². The van der Waals surface area contributed by atoms with E-state index in [1.807, 2.05) is 20.0 Å². The van der Waals surface area contributed by atoms with Crippen molar-refractivity contribution in [2.45, 2.75) is 19.9 Å². The molecule has 100 valence electrons. The van der Waals surface area contributed by atoms with E-state index in [0.717, 1.165) is 0 Å². The van der Waals surface area contributed by atoms with Crippen molar-refractivity contribution in [2.75, 3.05) is 7.11 Å². The largest absolute Gasteiger partial charge is 0.493 e. The highest BCUT2D eigenvalue weighted by molar-refractivity contribution is 5.82. The highest BCUT2D eigenvalue weighted by Crippen LogP contribution is 2.28. The second-order valence-corrected chi connectivity index (χ2v) is 4.47. The molecule has 19 heavy (non-hydrogen) atoms. The van der Waals surface area contributed by atoms with Crippen molar-refractivity contribution in [2.24, 2.45) is 0 Å². The number of ether oxygens (including phenoxy) is 1. The molecule has 0 bridgehead atoms. The summed E-state index contributed by atoms with van der Waals surface area (Å²) in [6.07, 6.45) is 2.40. The molecule has 0 fully saturated rings. The van der Waals surface area contributed by atoms with Crippen molar-refractivity contribution in [3.05, 3.63) is 35.8 Å². The first-order chi connectivity index (χ1) is 9.06. The van der Waals surface area contributed by atoms with Gasteiger partial charge in [0.05, 0.1) is 18.4 Å². The molecule has 2 aromatic rings. The molecule has 0 saturated heterocycles. The molecule has 2 rings (SSSR count). The molecule has 4 nitrogen and oxygen atoms in total. The maximum atomic E-state index is 13.8. The van der Waals surface area contributed by atoms with Gasteiger partial charge in [0.2, 0.25) is 0 Å². The van der Waals surface area contributed by atoms with E-state index < -0.39 is 5.82 Å². The molecule has 1 aromatic heterocycles. The maximum Gasteiger partial charge on any atom is 0.166 e. The number of hydrogen-bond donors (Lipinski definition) is 0. The predicted octanol–water partition coefficient (Wildman–Crippen LogP) is 3.09. The summed E-state index contributed by atoms with van der Waals surface area (Å²) in [6.45, 7) is 4.00. The Kier molecular flexibility index (Phi) is 3.64. The fraction of sp³-hybridized carbons (Fsp3) is 0.286. The van der Waals surface area contributed by atoms with Gasteiger partial charge in [-0.15, -0.1) is 0 Å². The van der Waals surface area contributed by atoms with Crippen molar-refractivity contribution in [3.63, 3.8) is 0 Å². The van der Waals surface area contributed by atoms with Crippen LogP contribution in [0.5, 0.6) is 5.75 Å². The zero-order chi connectivity index (χ0) is 14.0. The molecule has 0 unspecified atom stereocenters. The number of methoxy groups -OCH3 is 1. The summed E-state index contributed by atoms with van der Waals surface area (Å²) in [7, 11) is 1.33. The van der Waals surface area contributed by atoms with Gasteiger partial charge in [-0.25, -0.2) is 4.39 Å². The predicted molar refractivity (Wildman–Crippen MR) is 69.9 cm³/mol. The van der Waals surface area contributed by atoms with Gasteiger partial charge < -0.3 is 4.74 Å². The number of aldehydes is 1. The molecule has 0 aliphatic rings. The first-order valence-electron chi connectivity index (χ1n) is 5.95. The summed E-state index contributed by atoms with van der Waals surface area (Å²) in [5.41, 5.74) is 1.36. The molecule has 0 aliphatic carbocycles. The Morgan fingerprint density at radius 1 is 1.42 bits per heavy atom. The fourth-order valence-corrected chi connectivity index (χ4v) is 1.85. The molecule has 1 aromatic carbocycles. The molecule has 0 spiro atoms. The lowest BCUT2D eigenvalue weighted by atomic mass is 10.1. The average Bonchev–Trinajstić information content (AvgIpc) is 2.87. The molecular weight excluding hydrogens is 247 g/mol. The number of benzene rings is 1. The van der Waals surface area contributed by atoms with Gasteiger partial charge in [-0.05, 0) is 32.0 Å². The van der Waals surface area contributed by atoms with Gasteiger partial charge in [-0.2, -0.15) is 5.10 Å². The lowest BCUT2D eigenvalue weighted by Gasteiger charge is -2.07. The monoisotopic (exact) mass is 262 g/mol. The van der Waals surface area contributed by atoms with Crippen LogP contribution < -0.4 is 4.74 Å². The summed E-state index contributed by atoms with van der Waals surface area (Å²) in [5.74, 6) is -0.608. The third-order valence-corrected chi connectivity index (χ3v) is 2.84. The third kappa shape index (κ3) is 2.50. The minimum atomic E-state index is -0.568. The van der Waals surface area contributed by atoms with Gasteiger partial charge in [-0.3, -0.25) is 9.48 Å². The zero-order valence-electron chi connectivity index (χ0n) is 11.1. The van der Waals surface area contributed by atoms with Crippen molar-refractivity contribution in [1.29, 1.82) is 0 Å². The van der Waals surface area contributed by atoms with Crippen molar-refractivity contribution < 1.29 is 13.9 Å². The van der Waals surface area contributed by atoms with Crippen LogP contribution in [-0.4, -0.2) is 23.2 Å². The van der Waals surface area contributed by atoms with Crippen LogP contribution in [0, 0.1) is 5.82 Å². The third-order valence-electron chi connectivity index (χ3n) is 2.84. The second-order valence-electron chi connectivity index (χ2n) is 4.47. The average molecular weight is 262 g/mol. The Hall–Kier alpha value is -2.17. The number of aromatic nitrogens is 2. The van der Waals surface area contributed by atoms with Gasteiger partial charge in [0.25, 0.3) is 0 Å². The number of rotatable bonds is 4. The van der Waals surface area contributed by atoms with Crippen molar-refractivity contribution >= 4 is 6.29 Å². The van der Waals surface area contributed by atoms with Gasteiger partial charge in [0, 0.05) is 17.8 Å². The topological polar surface area (TPSA) is 44.1 Å². The molecule has 0 saturated carbocycles. The van der Waals surface area contributed by atoms with Crippen LogP contribution >= 0.6 is 0 Å². The summed E-state index contributed by atoms with van der Waals surface area (Å²) in [6, 6.07) is 4.90. The molecule has 5 heteroatoms. The number of nitrogens with zero attached hydrogens (tertiary/aromatic N) is 2. The Morgan fingerprint density at radius 3 is 2.68 bits per heavy atom. The van der Waals surface area contributed by atoms with Crippen LogP contribution in [-0.2, 0) is 0 Å². The van der Waals surface area contributed by atoms with Crippen LogP contribution in [0.2, 0.25) is 0 Å². The Labute approximate surface area is 110 Å². The smallest absolute Gasteiger partial charge is 0.166 e. The van der Waals surface area contributed by atoms with E-state index in [0.29, 0.717) is 17.5 Å². The lowest BCUT2D eigenvalue weighted by molar-refractivity contribution is 0.112. The van der Waals surface area contributed by atoms with Gasteiger partial charge >= 0.3 is 0 Å². The van der Waals surface area contributed by atoms with E-state index in [9.17, 15) is 9.18 Å². The molecular formula is C14H15FN2O2. The standard InChI is InChI=1S/C14H15FN2O2/c1-9(2)17-5-4-13(16-17)10-6-11(8-18)14(19-3)12(15)7-10/h4-9H,1-3H3. The fourth-order valence-electron chi connectivity index (χ4n) is 1.85. The normalized spacial score (nSPS) is 10.8. The Morgan fingerprint density at radius 2 is 2.16 bits per heavy atom. The van der Waals surface area contributed by atoms with Crippen LogP contribution in [0.15, 0.2) is 24.4 Å². The highest BCUT2D eigenvalue weighted by atomic mass is 19.1. The molecule has 0 radical (unpaired) electrons. The van der Waals surface area contributed by atoms with E-state index in [1.165, 1.54) is 13.2 Å². The molecule has 1 heterocycles. The Bertz CT molecular complexity index is 605. The maximum absolute atomic E-state index is 13.8. The van der Waals surface area contributed by atoms with Gasteiger partial charge in [-0.1, -0.05) is 0 Å². The molecule has 0 N–H and O–H groups in total. The van der Waals surface area contributed by atoms with Gasteiger partial charge in [0.1, 0.15) is 0 Å². The summed E-state index contributed by atoms with van der Waals surface area (Å²) in [5, 5.41) is 4.35. The number of halogens is 1. The minimum Gasteiger partial charge on any atom is -0.493 e. The summed E-state index contributed by atoms with van der Waals surface area (Å²) < 4.78 is 20.5. The Balaban J connectivity index is 2.50. The first kappa shape index (κ1) is 13.3. The quantitative estimate of drug-likeness (QED) is 0.795. The van der Waals surface area contributed by atoms with Gasteiger partial charge in [0.15, 0.2) is 17.9 Å². The minimum absolute atomic E-state index is 0.0398. The van der Waals surface area contributed by atoms with Crippen LogP contribution in [0.25, 0.3) is 11.3 Å². The van der Waals surface area contributed by atoms with E-state index in [4.69, 9.17) is 4.74 Å². The number of carbonyl (C=O) groups excluding carboxylic acids is 1. The molecule has 0 amide bonds. The van der Waals surface area contributed by atoms with Crippen molar-refractivity contribution in [1.82, 2.24) is 9.78 Å². The van der Waals surface area contributed by atoms with Crippen LogP contribution in [0.4, 0.5) is 4.39 Å². The molecule has 0 aliphatic heterocycles. The van der Waals surface area contributed by atoms with Crippen LogP contribution in [0.3, 0.4) is 0 Å². The van der Waals surface area contributed by atoms with Crippen LogP contribution in [0.1, 0.15) is 30.2 Å². The summed E-state index contributed by atoms with van der Waals surface area (Å²) >= 11 is 0. The SMILES string of the molecule is COc1c(F)cc(-c2ccn(C(C)C)n2)cc1C=O. The van der Waals surface area contributed by atoms with E-state index >= 15 is 0 Å². The number of hydrogen-bond acceptors (Lipinski definition) is 3. The van der Waals surface area contributed by atoms with E-state index in [1.54, 1.807) is 16.8 Å². The molecule has 0 atom stereocenters. The first-order valence-corrected chi connectivity index (χ1v) is 5.95. The van der Waals surface area contributed by atoms with E-state index in [-0.39, 0.29) is 17.4 Å².